The molecule has 1 amide bonds. The smallest absolute Gasteiger partial charge is 0.255 e. The van der Waals surface area contributed by atoms with E-state index in [4.69, 9.17) is 10.5 Å². The van der Waals surface area contributed by atoms with Crippen molar-refractivity contribution in [1.82, 2.24) is 5.32 Å². The average molecular weight is 260 g/mol. The molecule has 3 rings (SSSR count). The third-order valence-electron chi connectivity index (χ3n) is 4.03. The van der Waals surface area contributed by atoms with E-state index in [1.807, 2.05) is 0 Å². The monoisotopic (exact) mass is 260 g/mol. The summed E-state index contributed by atoms with van der Waals surface area (Å²) in [6, 6.07) is 5.52. The Labute approximate surface area is 113 Å². The van der Waals surface area contributed by atoms with Crippen molar-refractivity contribution in [3.63, 3.8) is 0 Å². The first-order valence-electron chi connectivity index (χ1n) is 6.93. The van der Waals surface area contributed by atoms with Crippen LogP contribution in [-0.4, -0.2) is 19.1 Å². The number of anilines is 1. The van der Waals surface area contributed by atoms with Crippen LogP contribution in [-0.2, 0) is 0 Å². The van der Waals surface area contributed by atoms with Crippen molar-refractivity contribution in [1.29, 1.82) is 0 Å². The number of hydrogen-bond acceptors (Lipinski definition) is 3. The van der Waals surface area contributed by atoms with Crippen LogP contribution in [0.25, 0.3) is 0 Å². The molecule has 0 saturated heterocycles. The molecule has 102 valence electrons. The zero-order valence-corrected chi connectivity index (χ0v) is 11.2. The Bertz CT molecular complexity index is 481. The average Bonchev–Trinajstić information content (AvgIpc) is 3.29. The number of carbonyl (C=O) groups excluding carboxylic acids is 1. The van der Waals surface area contributed by atoms with Gasteiger partial charge in [0, 0.05) is 11.7 Å². The Morgan fingerprint density at radius 1 is 1.32 bits per heavy atom. The van der Waals surface area contributed by atoms with Gasteiger partial charge in [0.15, 0.2) is 0 Å². The van der Waals surface area contributed by atoms with Gasteiger partial charge in [-0.25, -0.2) is 0 Å². The highest BCUT2D eigenvalue weighted by molar-refractivity contribution is 5.98. The molecule has 4 nitrogen and oxygen atoms in total. The summed E-state index contributed by atoms with van der Waals surface area (Å²) in [6.45, 7) is 0. The van der Waals surface area contributed by atoms with Crippen LogP contribution in [0, 0.1) is 11.8 Å². The summed E-state index contributed by atoms with van der Waals surface area (Å²) < 4.78 is 5.24. The summed E-state index contributed by atoms with van der Waals surface area (Å²) in [5.74, 6) is 1.89. The molecular weight excluding hydrogens is 240 g/mol. The standard InChI is InChI=1S/C15H20N2O2/c1-19-13-7-6-11(16)8-12(13)15(18)17-14(9-2-3-9)10-4-5-10/h6-10,14H,2-5,16H2,1H3,(H,17,18). The molecule has 0 atom stereocenters. The van der Waals surface area contributed by atoms with Crippen LogP contribution in [0.1, 0.15) is 36.0 Å². The van der Waals surface area contributed by atoms with Gasteiger partial charge in [0.1, 0.15) is 5.75 Å². The number of benzene rings is 1. The number of nitrogens with one attached hydrogen (secondary N) is 1. The molecule has 2 fully saturated rings. The van der Waals surface area contributed by atoms with Crippen molar-refractivity contribution < 1.29 is 9.53 Å². The minimum absolute atomic E-state index is 0.0621. The van der Waals surface area contributed by atoms with Crippen LogP contribution in [0.15, 0.2) is 18.2 Å². The van der Waals surface area contributed by atoms with Gasteiger partial charge in [-0.2, -0.15) is 0 Å². The van der Waals surface area contributed by atoms with E-state index in [2.05, 4.69) is 5.32 Å². The Morgan fingerprint density at radius 2 is 1.95 bits per heavy atom. The van der Waals surface area contributed by atoms with Gasteiger partial charge in [-0.15, -0.1) is 0 Å². The minimum Gasteiger partial charge on any atom is -0.496 e. The number of nitrogens with two attached hydrogens (primary N) is 1. The highest BCUT2D eigenvalue weighted by atomic mass is 16.5. The first kappa shape index (κ1) is 12.3. The second kappa shape index (κ2) is 4.76. The summed E-state index contributed by atoms with van der Waals surface area (Å²) in [6.07, 6.45) is 4.98. The molecule has 2 saturated carbocycles. The molecule has 0 radical (unpaired) electrons. The van der Waals surface area contributed by atoms with E-state index in [-0.39, 0.29) is 5.91 Å². The van der Waals surface area contributed by atoms with Crippen LogP contribution >= 0.6 is 0 Å². The molecule has 0 bridgehead atoms. The molecule has 0 aliphatic heterocycles. The summed E-state index contributed by atoms with van der Waals surface area (Å²) >= 11 is 0. The van der Waals surface area contributed by atoms with Crippen molar-refractivity contribution in [3.8, 4) is 5.75 Å². The summed E-state index contributed by atoms with van der Waals surface area (Å²) in [7, 11) is 1.57. The van der Waals surface area contributed by atoms with Crippen LogP contribution in [0.4, 0.5) is 5.69 Å². The van der Waals surface area contributed by atoms with E-state index in [0.717, 1.165) is 0 Å². The maximum Gasteiger partial charge on any atom is 0.255 e. The molecule has 0 aromatic heterocycles. The summed E-state index contributed by atoms with van der Waals surface area (Å²) in [5.41, 5.74) is 6.88. The summed E-state index contributed by atoms with van der Waals surface area (Å²) in [4.78, 5) is 12.4. The topological polar surface area (TPSA) is 64.3 Å². The van der Waals surface area contributed by atoms with Crippen molar-refractivity contribution in [2.75, 3.05) is 12.8 Å². The molecule has 0 heterocycles. The molecule has 1 aromatic carbocycles. The highest BCUT2D eigenvalue weighted by Gasteiger charge is 2.42. The zero-order chi connectivity index (χ0) is 13.4. The fourth-order valence-corrected chi connectivity index (χ4v) is 2.66. The van der Waals surface area contributed by atoms with Crippen molar-refractivity contribution in [3.05, 3.63) is 23.8 Å². The maximum atomic E-state index is 12.4. The first-order valence-corrected chi connectivity index (χ1v) is 6.93. The zero-order valence-electron chi connectivity index (χ0n) is 11.2. The number of nitrogen functional groups attached to an aromatic ring is 1. The van der Waals surface area contributed by atoms with E-state index in [1.165, 1.54) is 25.7 Å². The third kappa shape index (κ3) is 2.67. The largest absolute Gasteiger partial charge is 0.496 e. The van der Waals surface area contributed by atoms with Crippen LogP contribution in [0.3, 0.4) is 0 Å². The van der Waals surface area contributed by atoms with Crippen molar-refractivity contribution in [2.24, 2.45) is 11.8 Å². The van der Waals surface area contributed by atoms with E-state index in [9.17, 15) is 4.79 Å². The molecule has 2 aliphatic carbocycles. The van der Waals surface area contributed by atoms with Gasteiger partial charge in [-0.1, -0.05) is 0 Å². The van der Waals surface area contributed by atoms with Gasteiger partial charge in [0.25, 0.3) is 5.91 Å². The highest BCUT2D eigenvalue weighted by Crippen LogP contribution is 2.44. The molecule has 19 heavy (non-hydrogen) atoms. The fourth-order valence-electron chi connectivity index (χ4n) is 2.66. The lowest BCUT2D eigenvalue weighted by molar-refractivity contribution is 0.0923. The van der Waals surface area contributed by atoms with E-state index in [0.29, 0.717) is 34.9 Å². The number of hydrogen-bond donors (Lipinski definition) is 2. The molecule has 0 spiro atoms. The molecule has 1 aromatic rings. The Kier molecular flexibility index (Phi) is 3.09. The normalized spacial score (nSPS) is 18.4. The van der Waals surface area contributed by atoms with Gasteiger partial charge >= 0.3 is 0 Å². The van der Waals surface area contributed by atoms with E-state index < -0.39 is 0 Å². The molecular formula is C15H20N2O2. The number of carbonyl (C=O) groups is 1. The van der Waals surface area contributed by atoms with Crippen LogP contribution in [0.2, 0.25) is 0 Å². The van der Waals surface area contributed by atoms with Gasteiger partial charge < -0.3 is 15.8 Å². The first-order chi connectivity index (χ1) is 9.19. The number of methoxy groups -OCH3 is 1. The van der Waals surface area contributed by atoms with Crippen LogP contribution < -0.4 is 15.8 Å². The van der Waals surface area contributed by atoms with Crippen LogP contribution in [0.5, 0.6) is 5.75 Å². The lowest BCUT2D eigenvalue weighted by Gasteiger charge is -2.18. The minimum atomic E-state index is -0.0621. The molecule has 4 heteroatoms. The van der Waals surface area contributed by atoms with Crippen molar-refractivity contribution in [2.45, 2.75) is 31.7 Å². The summed E-state index contributed by atoms with van der Waals surface area (Å²) in [5, 5.41) is 3.18. The fraction of sp³-hybridized carbons (Fsp3) is 0.533. The second-order valence-electron chi connectivity index (χ2n) is 5.63. The van der Waals surface area contributed by atoms with Gasteiger partial charge in [-0.05, 0) is 55.7 Å². The Hall–Kier alpha value is -1.71. The van der Waals surface area contributed by atoms with Gasteiger partial charge in [-0.3, -0.25) is 4.79 Å². The predicted molar refractivity (Wildman–Crippen MR) is 74.1 cm³/mol. The SMILES string of the molecule is COc1ccc(N)cc1C(=O)NC(C1CC1)C1CC1. The lowest BCUT2D eigenvalue weighted by Crippen LogP contribution is -2.38. The van der Waals surface area contributed by atoms with Gasteiger partial charge in [0.05, 0.1) is 12.7 Å². The quantitative estimate of drug-likeness (QED) is 0.798. The predicted octanol–water partition coefficient (Wildman–Crippen LogP) is 2.20. The number of amides is 1. The number of rotatable bonds is 5. The number of ether oxygens (including phenoxy) is 1. The van der Waals surface area contributed by atoms with E-state index in [1.54, 1.807) is 25.3 Å². The molecule has 2 aliphatic rings. The van der Waals surface area contributed by atoms with Crippen molar-refractivity contribution >= 4 is 11.6 Å². The maximum absolute atomic E-state index is 12.4. The van der Waals surface area contributed by atoms with Gasteiger partial charge in [0.2, 0.25) is 0 Å². The lowest BCUT2D eigenvalue weighted by atomic mass is 10.1. The molecule has 3 N–H and O–H groups in total. The Balaban J connectivity index is 1.77. The Morgan fingerprint density at radius 3 is 2.47 bits per heavy atom. The third-order valence-corrected chi connectivity index (χ3v) is 4.03. The molecule has 0 unspecified atom stereocenters. The second-order valence-corrected chi connectivity index (χ2v) is 5.63. The van der Waals surface area contributed by atoms with E-state index >= 15 is 0 Å².